The van der Waals surface area contributed by atoms with Crippen molar-refractivity contribution < 1.29 is 9.90 Å². The van der Waals surface area contributed by atoms with Gasteiger partial charge in [-0.25, -0.2) is 0 Å². The number of rotatable bonds is 1. The zero-order chi connectivity index (χ0) is 8.43. The average Bonchev–Trinajstić information content (AvgIpc) is 1.94. The summed E-state index contributed by atoms with van der Waals surface area (Å²) >= 11 is 0. The van der Waals surface area contributed by atoms with Crippen molar-refractivity contribution in [2.24, 2.45) is 0 Å². The summed E-state index contributed by atoms with van der Waals surface area (Å²) in [7, 11) is 0. The molecule has 0 spiro atoms. The first-order valence-corrected chi connectivity index (χ1v) is 2.97. The van der Waals surface area contributed by atoms with Gasteiger partial charge in [-0.15, -0.1) is 0 Å². The quantitative estimate of drug-likeness (QED) is 0.514. The summed E-state index contributed by atoms with van der Waals surface area (Å²) in [5.41, 5.74) is 11.4. The summed E-state index contributed by atoms with van der Waals surface area (Å²) in [6, 6.07) is 4.05. The topological polar surface area (TPSA) is 92.2 Å². The van der Waals surface area contributed by atoms with Crippen molar-refractivity contribution in [3.05, 3.63) is 23.8 Å². The molecule has 1 aromatic carbocycles. The number of carbonyl (C=O) groups excluding carboxylic acids is 1. The molecule has 11 heavy (non-hydrogen) atoms. The number of anilines is 2. The Kier molecular flexibility index (Phi) is 1.68. The summed E-state index contributed by atoms with van der Waals surface area (Å²) < 4.78 is 0. The number of benzene rings is 1. The molecule has 0 aliphatic heterocycles. The number of carbonyl (C=O) groups is 1. The molecule has 0 bridgehead atoms. The highest BCUT2D eigenvalue weighted by Gasteiger charge is 1.96. The number of carboxylic acid groups (broad SMARTS) is 1. The first-order chi connectivity index (χ1) is 5.11. The van der Waals surface area contributed by atoms with E-state index in [1.165, 1.54) is 18.2 Å². The van der Waals surface area contributed by atoms with Crippen LogP contribution in [-0.2, 0) is 0 Å². The van der Waals surface area contributed by atoms with Gasteiger partial charge in [-0.1, -0.05) is 6.07 Å². The molecule has 0 amide bonds. The second kappa shape index (κ2) is 2.49. The van der Waals surface area contributed by atoms with E-state index in [9.17, 15) is 9.90 Å². The number of carboxylic acids is 1. The molecule has 0 aromatic heterocycles. The minimum Gasteiger partial charge on any atom is -0.545 e. The Morgan fingerprint density at radius 3 is 2.36 bits per heavy atom. The van der Waals surface area contributed by atoms with E-state index in [0.29, 0.717) is 5.69 Å². The summed E-state index contributed by atoms with van der Waals surface area (Å²) in [6.45, 7) is 0. The van der Waals surface area contributed by atoms with Gasteiger partial charge in [0, 0.05) is 0 Å². The van der Waals surface area contributed by atoms with Gasteiger partial charge >= 0.3 is 0 Å². The van der Waals surface area contributed by atoms with Crippen molar-refractivity contribution >= 4 is 17.3 Å². The second-order valence-electron chi connectivity index (χ2n) is 2.13. The highest BCUT2D eigenvalue weighted by Crippen LogP contribution is 2.14. The van der Waals surface area contributed by atoms with Crippen LogP contribution in [0.5, 0.6) is 0 Å². The molecule has 4 N–H and O–H groups in total. The van der Waals surface area contributed by atoms with Crippen molar-refractivity contribution in [1.29, 1.82) is 0 Å². The number of hydrogen-bond acceptors (Lipinski definition) is 4. The highest BCUT2D eigenvalue weighted by atomic mass is 16.4. The molecule has 0 aliphatic carbocycles. The lowest BCUT2D eigenvalue weighted by Crippen LogP contribution is -2.22. The van der Waals surface area contributed by atoms with Gasteiger partial charge in [0.25, 0.3) is 0 Å². The van der Waals surface area contributed by atoms with Crippen molar-refractivity contribution in [1.82, 2.24) is 0 Å². The molecule has 0 aliphatic rings. The van der Waals surface area contributed by atoms with Gasteiger partial charge in [-0.3, -0.25) is 0 Å². The van der Waals surface area contributed by atoms with Crippen LogP contribution in [0, 0.1) is 0 Å². The van der Waals surface area contributed by atoms with Crippen LogP contribution in [0.2, 0.25) is 0 Å². The van der Waals surface area contributed by atoms with Crippen LogP contribution in [0.1, 0.15) is 10.4 Å². The first kappa shape index (κ1) is 7.40. The minimum absolute atomic E-state index is 0.0386. The predicted octanol–water partition coefficient (Wildman–Crippen LogP) is -0.786. The van der Waals surface area contributed by atoms with E-state index in [1.54, 1.807) is 0 Å². The molecule has 0 atom stereocenters. The Morgan fingerprint density at radius 2 is 1.91 bits per heavy atom. The molecule has 0 saturated heterocycles. The molecule has 0 unspecified atom stereocenters. The lowest BCUT2D eigenvalue weighted by Gasteiger charge is -2.04. The molecule has 0 radical (unpaired) electrons. The zero-order valence-electron chi connectivity index (χ0n) is 5.70. The lowest BCUT2D eigenvalue weighted by molar-refractivity contribution is -0.255. The van der Waals surface area contributed by atoms with E-state index in [4.69, 9.17) is 11.5 Å². The maximum Gasteiger partial charge on any atom is 0.0716 e. The third-order valence-corrected chi connectivity index (χ3v) is 1.32. The number of nitrogens with two attached hydrogens (primary N) is 2. The normalized spacial score (nSPS) is 9.45. The molecule has 1 aromatic rings. The smallest absolute Gasteiger partial charge is 0.0716 e. The Labute approximate surface area is 63.4 Å². The molecular formula is C7H7N2O2-. The number of aromatic carboxylic acids is 1. The van der Waals surface area contributed by atoms with Crippen molar-refractivity contribution in [2.75, 3.05) is 11.5 Å². The van der Waals surface area contributed by atoms with Crippen molar-refractivity contribution in [3.63, 3.8) is 0 Å². The van der Waals surface area contributed by atoms with Crippen LogP contribution in [-0.4, -0.2) is 5.97 Å². The molecule has 0 fully saturated rings. The van der Waals surface area contributed by atoms with Gasteiger partial charge in [0.15, 0.2) is 0 Å². The van der Waals surface area contributed by atoms with E-state index in [0.717, 1.165) is 0 Å². The molecular weight excluding hydrogens is 144 g/mol. The summed E-state index contributed by atoms with van der Waals surface area (Å²) in [5.74, 6) is -1.25. The largest absolute Gasteiger partial charge is 0.545 e. The minimum atomic E-state index is -1.25. The van der Waals surface area contributed by atoms with Gasteiger partial charge in [-0.2, -0.15) is 0 Å². The fourth-order valence-corrected chi connectivity index (χ4v) is 0.702. The summed E-state index contributed by atoms with van der Waals surface area (Å²) in [5, 5.41) is 10.3. The molecule has 58 valence electrons. The molecule has 4 heteroatoms. The van der Waals surface area contributed by atoms with E-state index < -0.39 is 5.97 Å². The van der Waals surface area contributed by atoms with Gasteiger partial charge in [0.2, 0.25) is 0 Å². The standard InChI is InChI=1S/C7H8N2O2/c8-5-2-1-4(7(10)11)3-6(5)9/h1-3H,8-9H2,(H,10,11)/p-1. The fraction of sp³-hybridized carbons (Fsp3) is 0. The number of nitrogen functional groups attached to an aromatic ring is 2. The summed E-state index contributed by atoms with van der Waals surface area (Å²) in [6.07, 6.45) is 0. The second-order valence-corrected chi connectivity index (χ2v) is 2.13. The third-order valence-electron chi connectivity index (χ3n) is 1.32. The van der Waals surface area contributed by atoms with Crippen LogP contribution in [0.4, 0.5) is 11.4 Å². The molecule has 4 nitrogen and oxygen atoms in total. The maximum absolute atomic E-state index is 10.3. The van der Waals surface area contributed by atoms with Gasteiger partial charge < -0.3 is 21.4 Å². The zero-order valence-corrected chi connectivity index (χ0v) is 5.70. The Balaban J connectivity index is 3.15. The van der Waals surface area contributed by atoms with Crippen LogP contribution in [0.25, 0.3) is 0 Å². The van der Waals surface area contributed by atoms with E-state index in [-0.39, 0.29) is 11.3 Å². The highest BCUT2D eigenvalue weighted by molar-refractivity contribution is 5.88. The van der Waals surface area contributed by atoms with Gasteiger partial charge in [0.1, 0.15) is 0 Å². The molecule has 0 heterocycles. The third kappa shape index (κ3) is 1.40. The Hall–Kier alpha value is -1.71. The monoisotopic (exact) mass is 151 g/mol. The molecule has 0 saturated carbocycles. The van der Waals surface area contributed by atoms with E-state index >= 15 is 0 Å². The van der Waals surface area contributed by atoms with Gasteiger partial charge in [0.05, 0.1) is 17.3 Å². The van der Waals surface area contributed by atoms with Crippen LogP contribution in [0.15, 0.2) is 18.2 Å². The maximum atomic E-state index is 10.3. The molecule has 1 rings (SSSR count). The Morgan fingerprint density at radius 1 is 1.27 bits per heavy atom. The van der Waals surface area contributed by atoms with Crippen LogP contribution in [0.3, 0.4) is 0 Å². The SMILES string of the molecule is Nc1ccc(C(=O)[O-])cc1N. The van der Waals surface area contributed by atoms with Gasteiger partial charge in [-0.05, 0) is 17.7 Å². The van der Waals surface area contributed by atoms with E-state index in [1.807, 2.05) is 0 Å². The van der Waals surface area contributed by atoms with E-state index in [2.05, 4.69) is 0 Å². The Bertz CT molecular complexity index is 296. The van der Waals surface area contributed by atoms with Crippen LogP contribution >= 0.6 is 0 Å². The average molecular weight is 151 g/mol. The summed E-state index contributed by atoms with van der Waals surface area (Å²) in [4.78, 5) is 10.3. The lowest BCUT2D eigenvalue weighted by atomic mass is 10.2. The first-order valence-electron chi connectivity index (χ1n) is 2.97. The predicted molar refractivity (Wildman–Crippen MR) is 39.6 cm³/mol. The fourth-order valence-electron chi connectivity index (χ4n) is 0.702. The number of hydrogen-bond donors (Lipinski definition) is 2. The van der Waals surface area contributed by atoms with Crippen LogP contribution < -0.4 is 16.6 Å². The van der Waals surface area contributed by atoms with Crippen molar-refractivity contribution in [3.8, 4) is 0 Å². The van der Waals surface area contributed by atoms with Crippen molar-refractivity contribution in [2.45, 2.75) is 0 Å².